The van der Waals surface area contributed by atoms with Gasteiger partial charge in [0.2, 0.25) is 0 Å². The number of carboxylic acids is 1. The number of amides is 2. The van der Waals surface area contributed by atoms with E-state index < -0.39 is 35.2 Å². The number of methoxy groups -OCH3 is 1. The van der Waals surface area contributed by atoms with Crippen LogP contribution in [0.15, 0.2) is 45.3 Å². The van der Waals surface area contributed by atoms with E-state index in [4.69, 9.17) is 10.6 Å². The number of aliphatic carboxylic acids is 1. The number of aromatic nitrogens is 1. The zero-order valence-corrected chi connectivity index (χ0v) is 20.1. The summed E-state index contributed by atoms with van der Waals surface area (Å²) in [6, 6.07) is -0.982. The highest BCUT2D eigenvalue weighted by Crippen LogP contribution is 2.43. The number of hydrogen-bond donors (Lipinski definition) is 3. The number of hydrogen-bond acceptors (Lipinski definition) is 12. The molecule has 2 aliphatic rings. The van der Waals surface area contributed by atoms with Gasteiger partial charge in [0.05, 0.1) is 7.11 Å². The first kappa shape index (κ1) is 25.3. The molecule has 2 atom stereocenters. The number of nitrogens with zero attached hydrogens (tertiary/aromatic N) is 3. The molecule has 0 saturated carbocycles. The Kier molecular flexibility index (Phi) is 8.36. The topological polar surface area (TPSA) is 174 Å². The summed E-state index contributed by atoms with van der Waals surface area (Å²) >= 11 is 3.38. The van der Waals surface area contributed by atoms with Crippen molar-refractivity contribution in [1.29, 1.82) is 0 Å². The third-order valence-electron chi connectivity index (χ3n) is 4.37. The van der Waals surface area contributed by atoms with E-state index in [1.54, 1.807) is 0 Å². The second-order valence-electron chi connectivity index (χ2n) is 6.48. The summed E-state index contributed by atoms with van der Waals surface area (Å²) in [6.45, 7) is 3.55. The number of nitrogens with one attached hydrogen (secondary N) is 1. The summed E-state index contributed by atoms with van der Waals surface area (Å²) in [7, 11) is 1.22. The third-order valence-corrected chi connectivity index (χ3v) is 7.40. The van der Waals surface area contributed by atoms with Crippen LogP contribution in [0.2, 0.25) is 0 Å². The third kappa shape index (κ3) is 5.43. The average Bonchev–Trinajstić information content (AvgIpc) is 3.25. The fourth-order valence-corrected chi connectivity index (χ4v) is 5.74. The average molecular weight is 526 g/mol. The molecule has 0 aliphatic carbocycles. The SMILES string of the molecule is C=CCO/N=C(/C(=O)N[C@@H]1C(=O)N2C(C(=O)O)=C(S/C=C\C(=O)OC)CS[C@H]12)c1csc(N)n1. The second-order valence-corrected chi connectivity index (χ2v) is 9.47. The summed E-state index contributed by atoms with van der Waals surface area (Å²) < 4.78 is 4.50. The minimum Gasteiger partial charge on any atom is -0.477 e. The highest BCUT2D eigenvalue weighted by Gasteiger charge is 2.54. The summed E-state index contributed by atoms with van der Waals surface area (Å²) in [6.07, 6.45) is 2.59. The van der Waals surface area contributed by atoms with Crippen molar-refractivity contribution in [2.75, 3.05) is 25.2 Å². The lowest BCUT2D eigenvalue weighted by atomic mass is 10.0. The number of thiazole rings is 1. The van der Waals surface area contributed by atoms with Gasteiger partial charge in [0.15, 0.2) is 10.8 Å². The minimum absolute atomic E-state index is 0.0443. The molecule has 1 fully saturated rings. The fourth-order valence-electron chi connectivity index (χ4n) is 2.89. The lowest BCUT2D eigenvalue weighted by molar-refractivity contribution is -0.150. The Hall–Kier alpha value is -3.30. The molecule has 0 spiro atoms. The summed E-state index contributed by atoms with van der Waals surface area (Å²) in [4.78, 5) is 59.4. The predicted molar refractivity (Wildman–Crippen MR) is 128 cm³/mol. The Morgan fingerprint density at radius 2 is 2.26 bits per heavy atom. The second kappa shape index (κ2) is 11.2. The lowest BCUT2D eigenvalue weighted by Gasteiger charge is -2.49. The first-order valence-electron chi connectivity index (χ1n) is 9.43. The molecule has 1 saturated heterocycles. The molecule has 34 heavy (non-hydrogen) atoms. The number of carbonyl (C=O) groups is 4. The van der Waals surface area contributed by atoms with Gasteiger partial charge in [0.1, 0.15) is 29.4 Å². The molecule has 3 rings (SSSR count). The Bertz CT molecular complexity index is 1110. The monoisotopic (exact) mass is 525 g/mol. The molecular weight excluding hydrogens is 506 g/mol. The van der Waals surface area contributed by atoms with Gasteiger partial charge in [-0.05, 0) is 5.41 Å². The number of fused-ring (bicyclic) bond motifs is 1. The van der Waals surface area contributed by atoms with Gasteiger partial charge in [-0.2, -0.15) is 0 Å². The quantitative estimate of drug-likeness (QED) is 0.0748. The van der Waals surface area contributed by atoms with Crippen LogP contribution < -0.4 is 11.1 Å². The number of β-lactam (4-membered cyclic amide) rings is 1. The Morgan fingerprint density at radius 3 is 2.88 bits per heavy atom. The maximum atomic E-state index is 12.9. The number of ether oxygens (including phenoxy) is 1. The van der Waals surface area contributed by atoms with Crippen molar-refractivity contribution >= 4 is 69.5 Å². The zero-order chi connectivity index (χ0) is 24.8. The standard InChI is InChI=1S/C19H19N5O7S3/c1-3-5-31-23-12(9-7-34-19(20)21-9)15(26)22-13-16(27)24-14(18(28)29)10(8-33-17(13)24)32-6-4-11(25)30-2/h3-4,6-7,13,17H,1,5,8H2,2H3,(H2,20,21)(H,22,26)(H,28,29)/b6-4-,23-12+/t13-,17-/m1/s1. The smallest absolute Gasteiger partial charge is 0.353 e. The van der Waals surface area contributed by atoms with E-state index in [2.05, 4.69) is 26.8 Å². The fraction of sp³-hybridized carbons (Fsp3) is 0.263. The van der Waals surface area contributed by atoms with E-state index in [1.165, 1.54) is 35.7 Å². The number of nitrogens with two attached hydrogens (primary N) is 1. The van der Waals surface area contributed by atoms with Crippen molar-refractivity contribution in [1.82, 2.24) is 15.2 Å². The molecule has 1 aromatic heterocycles. The van der Waals surface area contributed by atoms with Crippen molar-refractivity contribution in [3.8, 4) is 0 Å². The molecule has 0 unspecified atom stereocenters. The number of oxime groups is 1. The first-order valence-corrected chi connectivity index (χ1v) is 12.2. The van der Waals surface area contributed by atoms with Gasteiger partial charge in [0, 0.05) is 22.1 Å². The van der Waals surface area contributed by atoms with Crippen molar-refractivity contribution in [3.05, 3.63) is 45.8 Å². The van der Waals surface area contributed by atoms with Gasteiger partial charge < -0.3 is 25.7 Å². The van der Waals surface area contributed by atoms with Gasteiger partial charge in [-0.15, -0.1) is 23.1 Å². The number of esters is 1. The largest absolute Gasteiger partial charge is 0.477 e. The van der Waals surface area contributed by atoms with Crippen molar-refractivity contribution in [3.63, 3.8) is 0 Å². The summed E-state index contributed by atoms with van der Waals surface area (Å²) in [5.74, 6) is -2.96. The molecule has 2 amide bonds. The van der Waals surface area contributed by atoms with Gasteiger partial charge in [0.25, 0.3) is 11.8 Å². The number of thioether (sulfide) groups is 2. The number of nitrogen functional groups attached to an aromatic ring is 1. The Labute approximate surface area is 205 Å². The molecule has 4 N–H and O–H groups in total. The van der Waals surface area contributed by atoms with Crippen LogP contribution in [-0.4, -0.2) is 75.3 Å². The Morgan fingerprint density at radius 1 is 1.50 bits per heavy atom. The first-order chi connectivity index (χ1) is 16.3. The van der Waals surface area contributed by atoms with E-state index in [0.717, 1.165) is 34.1 Å². The van der Waals surface area contributed by atoms with Crippen molar-refractivity contribution in [2.45, 2.75) is 11.4 Å². The molecule has 3 heterocycles. The van der Waals surface area contributed by atoms with Crippen LogP contribution in [-0.2, 0) is 28.8 Å². The van der Waals surface area contributed by atoms with E-state index in [1.807, 2.05) is 0 Å². The van der Waals surface area contributed by atoms with Crippen LogP contribution in [0.25, 0.3) is 0 Å². The molecule has 0 bridgehead atoms. The molecule has 2 aliphatic heterocycles. The van der Waals surface area contributed by atoms with Crippen molar-refractivity contribution < 1.29 is 33.9 Å². The molecule has 12 nitrogen and oxygen atoms in total. The van der Waals surface area contributed by atoms with E-state index in [-0.39, 0.29) is 34.6 Å². The molecule has 0 aromatic carbocycles. The van der Waals surface area contributed by atoms with Gasteiger partial charge in [-0.1, -0.05) is 29.6 Å². The van der Waals surface area contributed by atoms with Crippen LogP contribution in [0.3, 0.4) is 0 Å². The van der Waals surface area contributed by atoms with Gasteiger partial charge in [-0.3, -0.25) is 14.5 Å². The summed E-state index contributed by atoms with van der Waals surface area (Å²) in [5, 5.41) is 18.6. The maximum Gasteiger partial charge on any atom is 0.353 e. The van der Waals surface area contributed by atoms with E-state index in [0.29, 0.717) is 4.91 Å². The van der Waals surface area contributed by atoms with Crippen LogP contribution in [0, 0.1) is 0 Å². The van der Waals surface area contributed by atoms with Crippen LogP contribution in [0.5, 0.6) is 0 Å². The van der Waals surface area contributed by atoms with Crippen LogP contribution in [0.1, 0.15) is 5.69 Å². The molecule has 0 radical (unpaired) electrons. The zero-order valence-electron chi connectivity index (χ0n) is 17.6. The highest BCUT2D eigenvalue weighted by atomic mass is 32.2. The lowest BCUT2D eigenvalue weighted by Crippen LogP contribution is -2.71. The maximum absolute atomic E-state index is 12.9. The highest BCUT2D eigenvalue weighted by molar-refractivity contribution is 8.08. The number of carbonyl (C=O) groups excluding carboxylic acids is 3. The number of anilines is 1. The van der Waals surface area contributed by atoms with Crippen LogP contribution in [0.4, 0.5) is 5.13 Å². The number of rotatable bonds is 10. The van der Waals surface area contributed by atoms with Gasteiger partial charge in [-0.25, -0.2) is 14.6 Å². The number of carboxylic acid groups (broad SMARTS) is 1. The normalized spacial score (nSPS) is 20.0. The predicted octanol–water partition coefficient (Wildman–Crippen LogP) is 0.748. The van der Waals surface area contributed by atoms with Gasteiger partial charge >= 0.3 is 11.9 Å². The van der Waals surface area contributed by atoms with E-state index in [9.17, 15) is 24.3 Å². The van der Waals surface area contributed by atoms with Crippen LogP contribution >= 0.6 is 34.9 Å². The minimum atomic E-state index is -1.30. The molecule has 180 valence electrons. The van der Waals surface area contributed by atoms with E-state index >= 15 is 0 Å². The Balaban J connectivity index is 1.77. The molecule has 1 aromatic rings. The summed E-state index contributed by atoms with van der Waals surface area (Å²) in [5.41, 5.74) is 5.43. The van der Waals surface area contributed by atoms with Crippen molar-refractivity contribution in [2.24, 2.45) is 5.16 Å². The molecule has 15 heteroatoms. The molecular formula is C19H19N5O7S3.